The summed E-state index contributed by atoms with van der Waals surface area (Å²) in [5.41, 5.74) is 0. The third-order valence-electron chi connectivity index (χ3n) is 3.85. The van der Waals surface area contributed by atoms with Gasteiger partial charge in [0.15, 0.2) is 0 Å². The molecular formula is C16H32N2O2. The van der Waals surface area contributed by atoms with Gasteiger partial charge in [0, 0.05) is 13.1 Å². The van der Waals surface area contributed by atoms with Gasteiger partial charge >= 0.3 is 0 Å². The summed E-state index contributed by atoms with van der Waals surface area (Å²) < 4.78 is 5.24. The van der Waals surface area contributed by atoms with Gasteiger partial charge in [0.2, 0.25) is 5.91 Å². The number of carbonyl (C=O) groups is 1. The van der Waals surface area contributed by atoms with Crippen LogP contribution in [0.2, 0.25) is 0 Å². The highest BCUT2D eigenvalue weighted by atomic mass is 16.5. The van der Waals surface area contributed by atoms with E-state index < -0.39 is 0 Å². The summed E-state index contributed by atoms with van der Waals surface area (Å²) >= 11 is 0. The molecule has 0 aromatic heterocycles. The molecular weight excluding hydrogens is 252 g/mol. The maximum Gasteiger partial charge on any atom is 0.236 e. The minimum atomic E-state index is 0.216. The topological polar surface area (TPSA) is 41.6 Å². The summed E-state index contributed by atoms with van der Waals surface area (Å²) in [7, 11) is 0. The fraction of sp³-hybridized carbons (Fsp3) is 0.938. The zero-order valence-electron chi connectivity index (χ0n) is 13.2. The van der Waals surface area contributed by atoms with Gasteiger partial charge < -0.3 is 15.0 Å². The van der Waals surface area contributed by atoms with Gasteiger partial charge in [-0.25, -0.2) is 0 Å². The smallest absolute Gasteiger partial charge is 0.236 e. The van der Waals surface area contributed by atoms with Crippen LogP contribution >= 0.6 is 0 Å². The Morgan fingerprint density at radius 2 is 1.60 bits per heavy atom. The van der Waals surface area contributed by atoms with E-state index in [9.17, 15) is 4.79 Å². The highest BCUT2D eigenvalue weighted by Crippen LogP contribution is 2.07. The number of nitrogens with one attached hydrogen (secondary N) is 1. The predicted octanol–water partition coefficient (Wildman–Crippen LogP) is 2.58. The Bertz CT molecular complexity index is 241. The zero-order valence-corrected chi connectivity index (χ0v) is 13.2. The number of rotatable bonds is 11. The molecule has 118 valence electrons. The van der Waals surface area contributed by atoms with Crippen LogP contribution in [0, 0.1) is 0 Å². The van der Waals surface area contributed by atoms with Crippen LogP contribution in [-0.4, -0.2) is 50.2 Å². The summed E-state index contributed by atoms with van der Waals surface area (Å²) in [4.78, 5) is 13.7. The third-order valence-corrected chi connectivity index (χ3v) is 3.85. The Balaban J connectivity index is 1.83. The molecule has 1 rings (SSSR count). The van der Waals surface area contributed by atoms with Crippen molar-refractivity contribution in [2.45, 2.75) is 58.3 Å². The van der Waals surface area contributed by atoms with E-state index in [4.69, 9.17) is 4.74 Å². The molecule has 1 aliphatic rings. The molecule has 0 aliphatic carbocycles. The zero-order chi connectivity index (χ0) is 14.5. The normalized spacial score (nSPS) is 15.6. The first-order chi connectivity index (χ1) is 9.84. The Morgan fingerprint density at radius 1 is 1.00 bits per heavy atom. The standard InChI is InChI=1S/C16H32N2O2/c1-2-3-4-5-6-7-8-9-10-17-15-16(19)18-11-13-20-14-12-18/h17H,2-15H2,1H3. The number of carbonyl (C=O) groups excluding carboxylic acids is 1. The number of unbranched alkanes of at least 4 members (excludes halogenated alkanes) is 7. The summed E-state index contributed by atoms with van der Waals surface area (Å²) in [6.45, 7) is 6.56. The van der Waals surface area contributed by atoms with Crippen LogP contribution in [0.15, 0.2) is 0 Å². The van der Waals surface area contributed by atoms with Crippen molar-refractivity contribution in [3.8, 4) is 0 Å². The SMILES string of the molecule is CCCCCCCCCCNCC(=O)N1CCOCC1. The largest absolute Gasteiger partial charge is 0.378 e. The van der Waals surface area contributed by atoms with Crippen LogP contribution in [0.4, 0.5) is 0 Å². The average molecular weight is 284 g/mol. The molecule has 0 aromatic carbocycles. The molecule has 0 atom stereocenters. The third kappa shape index (κ3) is 8.54. The maximum absolute atomic E-state index is 11.8. The van der Waals surface area contributed by atoms with Gasteiger partial charge in [-0.1, -0.05) is 51.9 Å². The second-order valence-electron chi connectivity index (χ2n) is 5.64. The molecule has 4 heteroatoms. The molecule has 1 fully saturated rings. The maximum atomic E-state index is 11.8. The molecule has 0 radical (unpaired) electrons. The molecule has 1 aliphatic heterocycles. The molecule has 0 aromatic rings. The van der Waals surface area contributed by atoms with Gasteiger partial charge in [-0.05, 0) is 13.0 Å². The monoisotopic (exact) mass is 284 g/mol. The van der Waals surface area contributed by atoms with Gasteiger partial charge in [-0.15, -0.1) is 0 Å². The molecule has 4 nitrogen and oxygen atoms in total. The highest BCUT2D eigenvalue weighted by Gasteiger charge is 2.15. The van der Waals surface area contributed by atoms with Crippen LogP contribution in [-0.2, 0) is 9.53 Å². The van der Waals surface area contributed by atoms with Crippen LogP contribution in [0.25, 0.3) is 0 Å². The Hall–Kier alpha value is -0.610. The lowest BCUT2D eigenvalue weighted by atomic mass is 10.1. The molecule has 1 saturated heterocycles. The molecule has 1 amide bonds. The second-order valence-corrected chi connectivity index (χ2v) is 5.64. The van der Waals surface area contributed by atoms with Gasteiger partial charge in [-0.3, -0.25) is 4.79 Å². The van der Waals surface area contributed by atoms with Crippen LogP contribution < -0.4 is 5.32 Å². The Kier molecular flexibility index (Phi) is 10.6. The summed E-state index contributed by atoms with van der Waals surface area (Å²) in [6.07, 6.45) is 10.6. The van der Waals surface area contributed by atoms with Gasteiger partial charge in [0.05, 0.1) is 19.8 Å². The van der Waals surface area contributed by atoms with E-state index in [-0.39, 0.29) is 5.91 Å². The predicted molar refractivity (Wildman–Crippen MR) is 82.9 cm³/mol. The molecule has 0 bridgehead atoms. The van der Waals surface area contributed by atoms with Crippen LogP contribution in [0.3, 0.4) is 0 Å². The van der Waals surface area contributed by atoms with E-state index in [0.717, 1.165) is 19.6 Å². The van der Waals surface area contributed by atoms with E-state index in [1.54, 1.807) is 0 Å². The fourth-order valence-electron chi connectivity index (χ4n) is 2.50. The minimum absolute atomic E-state index is 0.216. The minimum Gasteiger partial charge on any atom is -0.378 e. The first-order valence-electron chi connectivity index (χ1n) is 8.41. The second kappa shape index (κ2) is 12.2. The lowest BCUT2D eigenvalue weighted by Gasteiger charge is -2.26. The van der Waals surface area contributed by atoms with E-state index in [1.807, 2.05) is 4.90 Å². The van der Waals surface area contributed by atoms with E-state index in [0.29, 0.717) is 19.8 Å². The van der Waals surface area contributed by atoms with E-state index in [2.05, 4.69) is 12.2 Å². The number of ether oxygens (including phenoxy) is 1. The highest BCUT2D eigenvalue weighted by molar-refractivity contribution is 5.78. The quantitative estimate of drug-likeness (QED) is 0.593. The fourth-order valence-corrected chi connectivity index (χ4v) is 2.50. The molecule has 0 spiro atoms. The van der Waals surface area contributed by atoms with Crippen molar-refractivity contribution in [2.75, 3.05) is 39.4 Å². The van der Waals surface area contributed by atoms with Crippen molar-refractivity contribution >= 4 is 5.91 Å². The van der Waals surface area contributed by atoms with Gasteiger partial charge in [-0.2, -0.15) is 0 Å². The van der Waals surface area contributed by atoms with Crippen molar-refractivity contribution < 1.29 is 9.53 Å². The lowest BCUT2D eigenvalue weighted by molar-refractivity contribution is -0.134. The number of amides is 1. The summed E-state index contributed by atoms with van der Waals surface area (Å²) in [5.74, 6) is 0.216. The Labute approximate surface area is 124 Å². The van der Waals surface area contributed by atoms with E-state index in [1.165, 1.54) is 51.4 Å². The van der Waals surface area contributed by atoms with E-state index >= 15 is 0 Å². The summed E-state index contributed by atoms with van der Waals surface area (Å²) in [6, 6.07) is 0. The first kappa shape index (κ1) is 17.4. The van der Waals surface area contributed by atoms with Crippen molar-refractivity contribution in [1.82, 2.24) is 10.2 Å². The van der Waals surface area contributed by atoms with Crippen molar-refractivity contribution in [3.63, 3.8) is 0 Å². The lowest BCUT2D eigenvalue weighted by Crippen LogP contribution is -2.44. The van der Waals surface area contributed by atoms with Crippen LogP contribution in [0.1, 0.15) is 58.3 Å². The number of hydrogen-bond donors (Lipinski definition) is 1. The van der Waals surface area contributed by atoms with Crippen molar-refractivity contribution in [3.05, 3.63) is 0 Å². The molecule has 0 unspecified atom stereocenters. The Morgan fingerprint density at radius 3 is 2.25 bits per heavy atom. The summed E-state index contributed by atoms with van der Waals surface area (Å²) in [5, 5.41) is 3.26. The number of hydrogen-bond acceptors (Lipinski definition) is 3. The van der Waals surface area contributed by atoms with Gasteiger partial charge in [0.1, 0.15) is 0 Å². The first-order valence-corrected chi connectivity index (χ1v) is 8.41. The molecule has 1 heterocycles. The number of nitrogens with zero attached hydrogens (tertiary/aromatic N) is 1. The van der Waals surface area contributed by atoms with Crippen molar-refractivity contribution in [1.29, 1.82) is 0 Å². The molecule has 20 heavy (non-hydrogen) atoms. The molecule has 1 N–H and O–H groups in total. The van der Waals surface area contributed by atoms with Gasteiger partial charge in [0.25, 0.3) is 0 Å². The van der Waals surface area contributed by atoms with Crippen LogP contribution in [0.5, 0.6) is 0 Å². The average Bonchev–Trinajstić information content (AvgIpc) is 2.50. The van der Waals surface area contributed by atoms with Crippen molar-refractivity contribution in [2.24, 2.45) is 0 Å². The molecule has 0 saturated carbocycles. The number of morpholine rings is 1.